The molecule has 1 N–H and O–H groups in total. The third-order valence-electron chi connectivity index (χ3n) is 3.39. The van der Waals surface area contributed by atoms with E-state index in [-0.39, 0.29) is 0 Å². The van der Waals surface area contributed by atoms with Gasteiger partial charge >= 0.3 is 0 Å². The first-order valence-electron chi connectivity index (χ1n) is 6.30. The van der Waals surface area contributed by atoms with E-state index in [2.05, 4.69) is 10.2 Å². The van der Waals surface area contributed by atoms with Crippen molar-refractivity contribution in [3.8, 4) is 5.88 Å². The molecule has 2 heterocycles. The van der Waals surface area contributed by atoms with Crippen LogP contribution in [0.3, 0.4) is 0 Å². The molecule has 0 saturated carbocycles. The first-order valence-corrected chi connectivity index (χ1v) is 6.68. The third kappa shape index (κ3) is 2.41. The minimum absolute atomic E-state index is 0.360. The van der Waals surface area contributed by atoms with Crippen LogP contribution in [-0.2, 0) is 20.5 Å². The number of aryl methyl sites for hydroxylation is 4. The second kappa shape index (κ2) is 5.46. The molecule has 2 aromatic heterocycles. The van der Waals surface area contributed by atoms with Gasteiger partial charge in [-0.3, -0.25) is 4.68 Å². The highest BCUT2D eigenvalue weighted by Gasteiger charge is 2.24. The van der Waals surface area contributed by atoms with E-state index in [0.717, 1.165) is 17.1 Å². The van der Waals surface area contributed by atoms with E-state index in [0.29, 0.717) is 22.9 Å². The van der Waals surface area contributed by atoms with Gasteiger partial charge in [-0.1, -0.05) is 11.6 Å². The van der Waals surface area contributed by atoms with Crippen molar-refractivity contribution in [2.45, 2.75) is 26.4 Å². The largest absolute Gasteiger partial charge is 0.481 e. The molecule has 0 aliphatic rings. The molecule has 2 rings (SSSR count). The van der Waals surface area contributed by atoms with Gasteiger partial charge in [0.05, 0.1) is 40.9 Å². The van der Waals surface area contributed by atoms with Crippen LogP contribution in [-0.4, -0.2) is 31.8 Å². The lowest BCUT2D eigenvalue weighted by Crippen LogP contribution is -2.09. The Kier molecular flexibility index (Phi) is 4.06. The van der Waals surface area contributed by atoms with Gasteiger partial charge in [0.1, 0.15) is 0 Å². The Morgan fingerprint density at radius 3 is 2.30 bits per heavy atom. The van der Waals surface area contributed by atoms with E-state index in [9.17, 15) is 5.11 Å². The van der Waals surface area contributed by atoms with Crippen LogP contribution in [0.1, 0.15) is 28.7 Å². The number of nitrogens with zero attached hydrogens (tertiary/aromatic N) is 4. The van der Waals surface area contributed by atoms with Crippen LogP contribution < -0.4 is 4.74 Å². The second-order valence-corrected chi connectivity index (χ2v) is 5.20. The van der Waals surface area contributed by atoms with Crippen LogP contribution in [0.2, 0.25) is 5.02 Å². The molecule has 0 amide bonds. The standard InChI is InChI=1S/C13H19ClN4O2/c1-7-11(13(20-5)18(4)15-7)10(19)6-9-12(14)8(2)16-17(9)3/h10,19H,6H2,1-5H3. The Labute approximate surface area is 122 Å². The van der Waals surface area contributed by atoms with Gasteiger partial charge in [-0.15, -0.1) is 0 Å². The van der Waals surface area contributed by atoms with E-state index < -0.39 is 6.10 Å². The van der Waals surface area contributed by atoms with Crippen LogP contribution in [0, 0.1) is 13.8 Å². The number of ether oxygens (including phenoxy) is 1. The summed E-state index contributed by atoms with van der Waals surface area (Å²) in [5.74, 6) is 0.560. The maximum atomic E-state index is 10.5. The summed E-state index contributed by atoms with van der Waals surface area (Å²) in [5, 5.41) is 19.6. The van der Waals surface area contributed by atoms with Gasteiger partial charge in [-0.25, -0.2) is 4.68 Å². The van der Waals surface area contributed by atoms with Gasteiger partial charge in [0.15, 0.2) is 0 Å². The highest BCUT2D eigenvalue weighted by molar-refractivity contribution is 6.31. The van der Waals surface area contributed by atoms with E-state index in [1.54, 1.807) is 23.5 Å². The Morgan fingerprint density at radius 1 is 1.20 bits per heavy atom. The SMILES string of the molecule is COc1c(C(O)Cc2c(Cl)c(C)nn2C)c(C)nn1C. The molecule has 0 spiro atoms. The van der Waals surface area contributed by atoms with Gasteiger partial charge in [-0.2, -0.15) is 10.2 Å². The molecule has 6 nitrogen and oxygen atoms in total. The fourth-order valence-electron chi connectivity index (χ4n) is 2.47. The summed E-state index contributed by atoms with van der Waals surface area (Å²) in [6, 6.07) is 0. The highest BCUT2D eigenvalue weighted by Crippen LogP contribution is 2.32. The molecule has 20 heavy (non-hydrogen) atoms. The molecule has 0 saturated heterocycles. The maximum Gasteiger partial charge on any atom is 0.217 e. The highest BCUT2D eigenvalue weighted by atomic mass is 35.5. The molecule has 2 aromatic rings. The van der Waals surface area contributed by atoms with Crippen molar-refractivity contribution in [1.29, 1.82) is 0 Å². The van der Waals surface area contributed by atoms with Crippen molar-refractivity contribution < 1.29 is 9.84 Å². The molecule has 0 fully saturated rings. The van der Waals surface area contributed by atoms with Crippen LogP contribution in [0.5, 0.6) is 5.88 Å². The molecule has 0 aliphatic heterocycles. The Morgan fingerprint density at radius 2 is 1.80 bits per heavy atom. The summed E-state index contributed by atoms with van der Waals surface area (Å²) in [6.45, 7) is 3.69. The average Bonchev–Trinajstić information content (AvgIpc) is 2.79. The Hall–Kier alpha value is -1.53. The Balaban J connectivity index is 2.35. The van der Waals surface area contributed by atoms with Crippen molar-refractivity contribution >= 4 is 11.6 Å². The summed E-state index contributed by atoms with van der Waals surface area (Å²) < 4.78 is 8.62. The predicted molar refractivity (Wildman–Crippen MR) is 76.1 cm³/mol. The van der Waals surface area contributed by atoms with E-state index >= 15 is 0 Å². The zero-order chi connectivity index (χ0) is 15.0. The van der Waals surface area contributed by atoms with E-state index in [1.165, 1.54) is 0 Å². The van der Waals surface area contributed by atoms with Gasteiger partial charge in [0, 0.05) is 20.5 Å². The number of halogens is 1. The molecule has 0 aromatic carbocycles. The van der Waals surface area contributed by atoms with Crippen molar-refractivity contribution in [2.24, 2.45) is 14.1 Å². The molecule has 1 atom stereocenters. The van der Waals surface area contributed by atoms with Crippen molar-refractivity contribution in [3.05, 3.63) is 27.7 Å². The number of aliphatic hydroxyl groups is 1. The van der Waals surface area contributed by atoms with E-state index in [1.807, 2.05) is 20.9 Å². The minimum Gasteiger partial charge on any atom is -0.481 e. The predicted octanol–water partition coefficient (Wildman–Crippen LogP) is 1.71. The monoisotopic (exact) mass is 298 g/mol. The van der Waals surface area contributed by atoms with Crippen LogP contribution in [0.15, 0.2) is 0 Å². The minimum atomic E-state index is -0.744. The number of methoxy groups -OCH3 is 1. The first-order chi connectivity index (χ1) is 9.36. The summed E-state index contributed by atoms with van der Waals surface area (Å²) in [6.07, 6.45) is -0.384. The summed E-state index contributed by atoms with van der Waals surface area (Å²) in [7, 11) is 5.16. The normalized spacial score (nSPS) is 12.8. The molecular formula is C13H19ClN4O2. The lowest BCUT2D eigenvalue weighted by atomic mass is 10.1. The maximum absolute atomic E-state index is 10.5. The van der Waals surface area contributed by atoms with Gasteiger partial charge in [0.2, 0.25) is 5.88 Å². The second-order valence-electron chi connectivity index (χ2n) is 4.82. The molecule has 0 bridgehead atoms. The lowest BCUT2D eigenvalue weighted by molar-refractivity contribution is 0.170. The number of hydrogen-bond acceptors (Lipinski definition) is 4. The third-order valence-corrected chi connectivity index (χ3v) is 3.88. The van der Waals surface area contributed by atoms with Crippen molar-refractivity contribution in [3.63, 3.8) is 0 Å². The smallest absolute Gasteiger partial charge is 0.217 e. The number of rotatable bonds is 4. The number of hydrogen-bond donors (Lipinski definition) is 1. The summed E-state index contributed by atoms with van der Waals surface area (Å²) in [5.41, 5.74) is 2.98. The fourth-order valence-corrected chi connectivity index (χ4v) is 2.70. The quantitative estimate of drug-likeness (QED) is 0.933. The fraction of sp³-hybridized carbons (Fsp3) is 0.538. The van der Waals surface area contributed by atoms with Crippen LogP contribution in [0.25, 0.3) is 0 Å². The van der Waals surface area contributed by atoms with Gasteiger partial charge in [-0.05, 0) is 13.8 Å². The zero-order valence-corrected chi connectivity index (χ0v) is 13.1. The Bertz CT molecular complexity index is 633. The summed E-state index contributed by atoms with van der Waals surface area (Å²) >= 11 is 6.22. The first kappa shape index (κ1) is 14.9. The number of aromatic nitrogens is 4. The zero-order valence-electron chi connectivity index (χ0n) is 12.3. The van der Waals surface area contributed by atoms with Crippen LogP contribution in [0.4, 0.5) is 0 Å². The molecule has 7 heteroatoms. The number of aliphatic hydroxyl groups excluding tert-OH is 1. The van der Waals surface area contributed by atoms with Gasteiger partial charge < -0.3 is 9.84 Å². The molecule has 0 radical (unpaired) electrons. The van der Waals surface area contributed by atoms with E-state index in [4.69, 9.17) is 16.3 Å². The van der Waals surface area contributed by atoms with Crippen LogP contribution >= 0.6 is 11.6 Å². The topological polar surface area (TPSA) is 65.1 Å². The molecule has 0 aliphatic carbocycles. The average molecular weight is 299 g/mol. The van der Waals surface area contributed by atoms with Gasteiger partial charge in [0.25, 0.3) is 0 Å². The van der Waals surface area contributed by atoms with Crippen molar-refractivity contribution in [2.75, 3.05) is 7.11 Å². The lowest BCUT2D eigenvalue weighted by Gasteiger charge is -2.13. The van der Waals surface area contributed by atoms with Crippen molar-refractivity contribution in [1.82, 2.24) is 19.6 Å². The molecule has 110 valence electrons. The summed E-state index contributed by atoms with van der Waals surface area (Å²) in [4.78, 5) is 0. The molecular weight excluding hydrogens is 280 g/mol. The molecule has 1 unspecified atom stereocenters.